The van der Waals surface area contributed by atoms with Crippen LogP contribution in [0.4, 0.5) is 10.7 Å². The third-order valence-corrected chi connectivity index (χ3v) is 1.64. The maximum atomic E-state index is 11.2. The van der Waals surface area contributed by atoms with Gasteiger partial charge in [0.1, 0.15) is 0 Å². The maximum absolute atomic E-state index is 11.2. The van der Waals surface area contributed by atoms with Gasteiger partial charge in [-0.25, -0.2) is 14.8 Å². The van der Waals surface area contributed by atoms with Gasteiger partial charge >= 0.3 is 6.03 Å². The third-order valence-electron chi connectivity index (χ3n) is 1.64. The minimum absolute atomic E-state index is 0.307. The number of carbonyl (C=O) groups is 1. The first-order valence-electron chi connectivity index (χ1n) is 4.69. The molecule has 0 aliphatic rings. The molecule has 4 N–H and O–H groups in total. The highest BCUT2D eigenvalue weighted by atomic mass is 16.2. The fourth-order valence-corrected chi connectivity index (χ4v) is 1.11. The number of aromatic nitrogens is 2. The lowest BCUT2D eigenvalue weighted by molar-refractivity contribution is 0.252. The van der Waals surface area contributed by atoms with Crippen LogP contribution in [0.15, 0.2) is 6.07 Å². The highest BCUT2D eigenvalue weighted by molar-refractivity contribution is 5.87. The lowest BCUT2D eigenvalue weighted by Crippen LogP contribution is -2.33. The third kappa shape index (κ3) is 3.90. The molecular formula is C9H15N5O. The van der Waals surface area contributed by atoms with Crippen LogP contribution in [-0.4, -0.2) is 29.1 Å². The quantitative estimate of drug-likeness (QED) is 0.661. The zero-order valence-electron chi connectivity index (χ0n) is 8.87. The number of hydrogen-bond donors (Lipinski definition) is 3. The first-order valence-corrected chi connectivity index (χ1v) is 4.69. The molecule has 6 nitrogen and oxygen atoms in total. The summed E-state index contributed by atoms with van der Waals surface area (Å²) >= 11 is 0. The lowest BCUT2D eigenvalue weighted by Gasteiger charge is -2.06. The second-order valence-electron chi connectivity index (χ2n) is 3.14. The van der Waals surface area contributed by atoms with E-state index in [4.69, 9.17) is 5.73 Å². The number of amides is 2. The summed E-state index contributed by atoms with van der Waals surface area (Å²) in [7, 11) is 0. The molecule has 0 unspecified atom stereocenters. The van der Waals surface area contributed by atoms with Crippen LogP contribution in [0.5, 0.6) is 0 Å². The number of anilines is 1. The van der Waals surface area contributed by atoms with E-state index in [1.54, 1.807) is 0 Å². The van der Waals surface area contributed by atoms with Crippen molar-refractivity contribution in [1.82, 2.24) is 15.3 Å². The molecule has 0 saturated heterocycles. The molecule has 0 radical (unpaired) electrons. The van der Waals surface area contributed by atoms with Crippen LogP contribution in [0.1, 0.15) is 11.4 Å². The van der Waals surface area contributed by atoms with Gasteiger partial charge in [-0.3, -0.25) is 5.32 Å². The lowest BCUT2D eigenvalue weighted by atomic mass is 10.4. The van der Waals surface area contributed by atoms with Gasteiger partial charge in [-0.15, -0.1) is 0 Å². The summed E-state index contributed by atoms with van der Waals surface area (Å²) < 4.78 is 0. The van der Waals surface area contributed by atoms with Crippen molar-refractivity contribution in [2.24, 2.45) is 5.73 Å². The molecule has 0 fully saturated rings. The number of nitrogens with one attached hydrogen (secondary N) is 2. The number of carbonyl (C=O) groups excluding carboxylic acids is 1. The summed E-state index contributed by atoms with van der Waals surface area (Å²) in [6, 6.07) is 1.49. The Morgan fingerprint density at radius 1 is 1.40 bits per heavy atom. The maximum Gasteiger partial charge on any atom is 0.321 e. The molecule has 0 aliphatic carbocycles. The Morgan fingerprint density at radius 3 is 2.53 bits per heavy atom. The van der Waals surface area contributed by atoms with Crippen LogP contribution in [-0.2, 0) is 0 Å². The molecule has 0 spiro atoms. The van der Waals surface area contributed by atoms with Crippen LogP contribution in [0, 0.1) is 13.8 Å². The van der Waals surface area contributed by atoms with Crippen molar-refractivity contribution in [3.05, 3.63) is 17.5 Å². The van der Waals surface area contributed by atoms with Crippen LogP contribution < -0.4 is 16.4 Å². The molecule has 0 aromatic carbocycles. The molecular weight excluding hydrogens is 194 g/mol. The molecule has 15 heavy (non-hydrogen) atoms. The highest BCUT2D eigenvalue weighted by Gasteiger charge is 2.03. The number of nitrogens with two attached hydrogens (primary N) is 1. The molecule has 0 saturated carbocycles. The van der Waals surface area contributed by atoms with Gasteiger partial charge in [0.05, 0.1) is 0 Å². The van der Waals surface area contributed by atoms with Gasteiger partial charge < -0.3 is 11.1 Å². The molecule has 6 heteroatoms. The van der Waals surface area contributed by atoms with Gasteiger partial charge in [0.25, 0.3) is 0 Å². The van der Waals surface area contributed by atoms with E-state index in [1.165, 1.54) is 0 Å². The van der Waals surface area contributed by atoms with E-state index in [9.17, 15) is 4.79 Å². The van der Waals surface area contributed by atoms with E-state index >= 15 is 0 Å². The Labute approximate surface area is 88.3 Å². The highest BCUT2D eigenvalue weighted by Crippen LogP contribution is 2.02. The molecule has 1 rings (SSSR count). The second kappa shape index (κ2) is 5.26. The number of hydrogen-bond acceptors (Lipinski definition) is 4. The Kier molecular flexibility index (Phi) is 3.99. The topological polar surface area (TPSA) is 92.9 Å². The van der Waals surface area contributed by atoms with Crippen molar-refractivity contribution in [3.8, 4) is 0 Å². The average Bonchev–Trinajstić information content (AvgIpc) is 2.13. The summed E-state index contributed by atoms with van der Waals surface area (Å²) in [5.41, 5.74) is 6.88. The fourth-order valence-electron chi connectivity index (χ4n) is 1.11. The number of urea groups is 1. The van der Waals surface area contributed by atoms with Crippen LogP contribution in [0.2, 0.25) is 0 Å². The zero-order valence-corrected chi connectivity index (χ0v) is 8.87. The van der Waals surface area contributed by atoms with E-state index in [2.05, 4.69) is 20.6 Å². The van der Waals surface area contributed by atoms with Crippen molar-refractivity contribution in [1.29, 1.82) is 0 Å². The van der Waals surface area contributed by atoms with E-state index < -0.39 is 0 Å². The molecule has 2 amide bonds. The monoisotopic (exact) mass is 209 g/mol. The molecule has 0 atom stereocenters. The van der Waals surface area contributed by atoms with Gasteiger partial charge in [0.15, 0.2) is 0 Å². The van der Waals surface area contributed by atoms with Crippen molar-refractivity contribution >= 4 is 12.0 Å². The number of rotatable bonds is 3. The van der Waals surface area contributed by atoms with Crippen molar-refractivity contribution < 1.29 is 4.79 Å². The summed E-state index contributed by atoms with van der Waals surface area (Å²) in [6.45, 7) is 4.52. The van der Waals surface area contributed by atoms with E-state index in [0.717, 1.165) is 11.4 Å². The Balaban J connectivity index is 2.60. The Morgan fingerprint density at radius 2 is 2.00 bits per heavy atom. The molecule has 1 aromatic heterocycles. The zero-order chi connectivity index (χ0) is 11.3. The van der Waals surface area contributed by atoms with Gasteiger partial charge in [-0.1, -0.05) is 0 Å². The smallest absolute Gasteiger partial charge is 0.321 e. The molecule has 82 valence electrons. The van der Waals surface area contributed by atoms with Gasteiger partial charge in [-0.2, -0.15) is 0 Å². The predicted molar refractivity (Wildman–Crippen MR) is 57.6 cm³/mol. The van der Waals surface area contributed by atoms with Gasteiger partial charge in [-0.05, 0) is 19.9 Å². The summed E-state index contributed by atoms with van der Waals surface area (Å²) in [4.78, 5) is 19.4. The SMILES string of the molecule is Cc1cc(C)nc(NC(=O)NCCN)n1. The minimum atomic E-state index is -0.342. The first kappa shape index (κ1) is 11.4. The first-order chi connectivity index (χ1) is 7.11. The summed E-state index contributed by atoms with van der Waals surface area (Å²) in [5, 5.41) is 5.10. The Bertz CT molecular complexity index is 332. The predicted octanol–water partition coefficient (Wildman–Crippen LogP) is 0.174. The van der Waals surface area contributed by atoms with Crippen LogP contribution in [0.3, 0.4) is 0 Å². The second-order valence-corrected chi connectivity index (χ2v) is 3.14. The molecule has 0 aliphatic heterocycles. The summed E-state index contributed by atoms with van der Waals surface area (Å²) in [5.74, 6) is 0.307. The van der Waals surface area contributed by atoms with Gasteiger partial charge in [0, 0.05) is 24.5 Å². The number of aryl methyl sites for hydroxylation is 2. The van der Waals surface area contributed by atoms with E-state index in [0.29, 0.717) is 19.0 Å². The molecule has 0 bridgehead atoms. The minimum Gasteiger partial charge on any atom is -0.337 e. The van der Waals surface area contributed by atoms with Crippen LogP contribution in [0.25, 0.3) is 0 Å². The largest absolute Gasteiger partial charge is 0.337 e. The molecule has 1 heterocycles. The Hall–Kier alpha value is -1.69. The van der Waals surface area contributed by atoms with E-state index in [-0.39, 0.29) is 6.03 Å². The fraction of sp³-hybridized carbons (Fsp3) is 0.444. The number of nitrogens with zero attached hydrogens (tertiary/aromatic N) is 2. The van der Waals surface area contributed by atoms with Crippen molar-refractivity contribution in [2.45, 2.75) is 13.8 Å². The average molecular weight is 209 g/mol. The van der Waals surface area contributed by atoms with Crippen molar-refractivity contribution in [2.75, 3.05) is 18.4 Å². The van der Waals surface area contributed by atoms with Gasteiger partial charge in [0.2, 0.25) is 5.95 Å². The normalized spacial score (nSPS) is 9.80. The van der Waals surface area contributed by atoms with Crippen LogP contribution >= 0.6 is 0 Å². The summed E-state index contributed by atoms with van der Waals surface area (Å²) in [6.07, 6.45) is 0. The van der Waals surface area contributed by atoms with Crippen molar-refractivity contribution in [3.63, 3.8) is 0 Å². The standard InChI is InChI=1S/C9H15N5O/c1-6-5-7(2)13-8(12-6)14-9(15)11-4-3-10/h5H,3-4,10H2,1-2H3,(H2,11,12,13,14,15). The van der Waals surface area contributed by atoms with E-state index in [1.807, 2.05) is 19.9 Å². The molecule has 1 aromatic rings.